The van der Waals surface area contributed by atoms with E-state index in [0.717, 1.165) is 16.2 Å². The van der Waals surface area contributed by atoms with Crippen molar-refractivity contribution in [1.82, 2.24) is 14.9 Å². The van der Waals surface area contributed by atoms with Gasteiger partial charge in [-0.05, 0) is 31.5 Å². The third kappa shape index (κ3) is 3.68. The van der Waals surface area contributed by atoms with E-state index in [-0.39, 0.29) is 12.0 Å². The number of carbonyl (C=O) groups is 1. The number of imidazole rings is 1. The number of β-amino-alcohol motifs (C(OH)–C–C–N with tert-alkyl or cyclic N) is 1. The molecule has 1 aromatic heterocycles. The van der Waals surface area contributed by atoms with Crippen LogP contribution in [0.3, 0.4) is 0 Å². The molecule has 3 rings (SSSR count). The van der Waals surface area contributed by atoms with Gasteiger partial charge in [0.1, 0.15) is 6.10 Å². The molecule has 0 bridgehead atoms. The molecular weight excluding hydrogens is 314 g/mol. The lowest BCUT2D eigenvalue weighted by Crippen LogP contribution is -2.31. The highest BCUT2D eigenvalue weighted by atomic mass is 32.2. The average molecular weight is 335 g/mol. The smallest absolute Gasteiger partial charge is 0.233 e. The van der Waals surface area contributed by atoms with Crippen molar-refractivity contribution in [3.8, 4) is 0 Å². The Labute approximate surface area is 139 Å². The minimum absolute atomic E-state index is 0.00658. The second-order valence-corrected chi connectivity index (χ2v) is 6.68. The number of thioether (sulfide) groups is 1. The predicted octanol–water partition coefficient (Wildman–Crippen LogP) is 1.57. The minimum Gasteiger partial charge on any atom is -0.388 e. The molecule has 1 aromatic carbocycles. The number of hydrogen-bond donors (Lipinski definition) is 2. The molecular formula is C16H21N3O3S. The zero-order chi connectivity index (χ0) is 16.4. The highest BCUT2D eigenvalue weighted by Gasteiger charge is 2.34. The molecule has 2 N–H and O–H groups in total. The summed E-state index contributed by atoms with van der Waals surface area (Å²) in [6.07, 6.45) is -0.874. The van der Waals surface area contributed by atoms with E-state index < -0.39 is 6.10 Å². The molecule has 1 aliphatic rings. The second kappa shape index (κ2) is 6.90. The Morgan fingerprint density at radius 1 is 1.52 bits per heavy atom. The van der Waals surface area contributed by atoms with Crippen LogP contribution in [-0.2, 0) is 9.53 Å². The maximum Gasteiger partial charge on any atom is 0.233 e. The molecule has 2 aromatic rings. The van der Waals surface area contributed by atoms with E-state index in [2.05, 4.69) is 9.97 Å². The van der Waals surface area contributed by atoms with Gasteiger partial charge in [-0.15, -0.1) is 0 Å². The zero-order valence-corrected chi connectivity index (χ0v) is 14.1. The molecule has 7 heteroatoms. The highest BCUT2D eigenvalue weighted by Crippen LogP contribution is 2.22. The van der Waals surface area contributed by atoms with E-state index >= 15 is 0 Å². The number of aryl methyl sites for hydroxylation is 1. The van der Waals surface area contributed by atoms with Gasteiger partial charge in [0, 0.05) is 19.7 Å². The molecule has 1 fully saturated rings. The number of carbonyl (C=O) groups excluding carboxylic acids is 1. The predicted molar refractivity (Wildman–Crippen MR) is 89.6 cm³/mol. The van der Waals surface area contributed by atoms with Gasteiger partial charge in [0.15, 0.2) is 5.16 Å². The average Bonchev–Trinajstić information content (AvgIpc) is 3.08. The summed E-state index contributed by atoms with van der Waals surface area (Å²) >= 11 is 1.38. The van der Waals surface area contributed by atoms with Crippen molar-refractivity contribution in [3.63, 3.8) is 0 Å². The van der Waals surface area contributed by atoms with E-state index in [9.17, 15) is 9.90 Å². The molecule has 0 aliphatic carbocycles. The number of amides is 1. The third-order valence-electron chi connectivity index (χ3n) is 3.92. The first-order valence-electron chi connectivity index (χ1n) is 7.73. The zero-order valence-electron chi connectivity index (χ0n) is 13.3. The van der Waals surface area contributed by atoms with Crippen LogP contribution in [0.5, 0.6) is 0 Å². The lowest BCUT2D eigenvalue weighted by Gasteiger charge is -2.15. The number of hydrogen-bond acceptors (Lipinski definition) is 5. The Morgan fingerprint density at radius 2 is 2.35 bits per heavy atom. The number of fused-ring (bicyclic) bond motifs is 1. The van der Waals surface area contributed by atoms with Crippen LogP contribution in [0.4, 0.5) is 0 Å². The Hall–Kier alpha value is -1.57. The van der Waals surface area contributed by atoms with Gasteiger partial charge < -0.3 is 19.7 Å². The van der Waals surface area contributed by atoms with Crippen molar-refractivity contribution in [2.75, 3.05) is 25.4 Å². The van der Waals surface area contributed by atoms with Crippen LogP contribution in [-0.4, -0.2) is 63.5 Å². The number of H-pyrrole nitrogens is 1. The quantitative estimate of drug-likeness (QED) is 0.811. The summed E-state index contributed by atoms with van der Waals surface area (Å²) in [5.74, 6) is 0.289. The van der Waals surface area contributed by atoms with Gasteiger partial charge >= 0.3 is 0 Å². The van der Waals surface area contributed by atoms with Crippen molar-refractivity contribution in [2.24, 2.45) is 0 Å². The van der Waals surface area contributed by atoms with Crippen LogP contribution >= 0.6 is 11.8 Å². The van der Waals surface area contributed by atoms with Crippen molar-refractivity contribution in [1.29, 1.82) is 0 Å². The van der Waals surface area contributed by atoms with Gasteiger partial charge in [-0.25, -0.2) is 4.98 Å². The van der Waals surface area contributed by atoms with Gasteiger partial charge in [-0.2, -0.15) is 0 Å². The van der Waals surface area contributed by atoms with Crippen LogP contribution in [0.15, 0.2) is 23.4 Å². The number of rotatable bonds is 5. The van der Waals surface area contributed by atoms with Gasteiger partial charge in [-0.3, -0.25) is 4.79 Å². The fourth-order valence-electron chi connectivity index (χ4n) is 2.73. The van der Waals surface area contributed by atoms with Gasteiger partial charge in [0.25, 0.3) is 0 Å². The van der Waals surface area contributed by atoms with Crippen molar-refractivity contribution >= 4 is 28.7 Å². The molecule has 1 amide bonds. The van der Waals surface area contributed by atoms with Crippen LogP contribution in [0.1, 0.15) is 12.5 Å². The minimum atomic E-state index is -0.599. The van der Waals surface area contributed by atoms with Gasteiger partial charge in [0.2, 0.25) is 5.91 Å². The van der Waals surface area contributed by atoms with Crippen molar-refractivity contribution in [2.45, 2.75) is 31.2 Å². The summed E-state index contributed by atoms with van der Waals surface area (Å²) < 4.78 is 5.44. The topological polar surface area (TPSA) is 78.5 Å². The standard InChI is InChI=1S/C16H21N3O3S/c1-3-22-14-8-19(7-13(14)20)15(21)9-23-16-17-11-5-4-10(2)6-12(11)18-16/h4-6,13-14,20H,3,7-9H2,1-2H3,(H,17,18)/t13-,14-/m0/s1. The molecule has 1 saturated heterocycles. The van der Waals surface area contributed by atoms with Crippen LogP contribution in [0.2, 0.25) is 0 Å². The number of ether oxygens (including phenoxy) is 1. The number of likely N-dealkylation sites (tertiary alicyclic amines) is 1. The van der Waals surface area contributed by atoms with Crippen LogP contribution in [0.25, 0.3) is 11.0 Å². The van der Waals surface area contributed by atoms with Crippen molar-refractivity contribution in [3.05, 3.63) is 23.8 Å². The Balaban J connectivity index is 1.58. The molecule has 0 unspecified atom stereocenters. The van der Waals surface area contributed by atoms with E-state index in [1.165, 1.54) is 17.3 Å². The Kier molecular flexibility index (Phi) is 4.89. The van der Waals surface area contributed by atoms with Gasteiger partial charge in [0.05, 0.1) is 22.9 Å². The SMILES string of the molecule is CCO[C@H]1CN(C(=O)CSc2nc3ccc(C)cc3[nH]2)C[C@@H]1O. The maximum atomic E-state index is 12.3. The molecule has 2 atom stereocenters. The lowest BCUT2D eigenvalue weighted by molar-refractivity contribution is -0.127. The first-order chi connectivity index (χ1) is 11.1. The van der Waals surface area contributed by atoms with Crippen molar-refractivity contribution < 1.29 is 14.6 Å². The fourth-order valence-corrected chi connectivity index (χ4v) is 3.52. The number of aromatic amines is 1. The first-order valence-corrected chi connectivity index (χ1v) is 8.72. The monoisotopic (exact) mass is 335 g/mol. The van der Waals surface area contributed by atoms with E-state index in [1.807, 2.05) is 32.0 Å². The van der Waals surface area contributed by atoms with E-state index in [1.54, 1.807) is 4.90 Å². The third-order valence-corrected chi connectivity index (χ3v) is 4.78. The first kappa shape index (κ1) is 16.3. The Bertz CT molecular complexity index is 703. The molecule has 23 heavy (non-hydrogen) atoms. The molecule has 6 nitrogen and oxygen atoms in total. The van der Waals surface area contributed by atoms with Crippen LogP contribution in [0, 0.1) is 6.92 Å². The van der Waals surface area contributed by atoms with E-state index in [4.69, 9.17) is 4.74 Å². The second-order valence-electron chi connectivity index (χ2n) is 5.71. The summed E-state index contributed by atoms with van der Waals surface area (Å²) in [6.45, 7) is 5.24. The Morgan fingerprint density at radius 3 is 3.13 bits per heavy atom. The summed E-state index contributed by atoms with van der Waals surface area (Å²) in [5, 5.41) is 10.6. The highest BCUT2D eigenvalue weighted by molar-refractivity contribution is 7.99. The molecule has 0 radical (unpaired) electrons. The summed E-state index contributed by atoms with van der Waals surface area (Å²) in [6, 6.07) is 6.02. The molecule has 1 aliphatic heterocycles. The maximum absolute atomic E-state index is 12.3. The molecule has 2 heterocycles. The number of benzene rings is 1. The molecule has 0 saturated carbocycles. The number of nitrogens with zero attached hydrogens (tertiary/aromatic N) is 2. The number of nitrogens with one attached hydrogen (secondary N) is 1. The molecule has 0 spiro atoms. The largest absolute Gasteiger partial charge is 0.388 e. The summed E-state index contributed by atoms with van der Waals surface area (Å²) in [4.78, 5) is 21.6. The number of aliphatic hydroxyl groups excluding tert-OH is 1. The van der Waals surface area contributed by atoms with Gasteiger partial charge in [-0.1, -0.05) is 17.8 Å². The lowest BCUT2D eigenvalue weighted by atomic mass is 10.2. The van der Waals surface area contributed by atoms with E-state index in [0.29, 0.717) is 25.4 Å². The van der Waals surface area contributed by atoms with Crippen LogP contribution < -0.4 is 0 Å². The fraction of sp³-hybridized carbons (Fsp3) is 0.500. The normalized spacial score (nSPS) is 21.3. The number of aromatic nitrogens is 2. The summed E-state index contributed by atoms with van der Waals surface area (Å²) in [7, 11) is 0. The molecule has 124 valence electrons. The number of aliphatic hydroxyl groups is 1. The summed E-state index contributed by atoms with van der Waals surface area (Å²) in [5.41, 5.74) is 3.05.